The highest BCUT2D eigenvalue weighted by Gasteiger charge is 2.72. The number of esters is 1. The third-order valence-corrected chi connectivity index (χ3v) is 21.1. The third kappa shape index (κ3) is 12.1. The molecule has 0 spiro atoms. The number of aliphatic carboxylic acids is 1. The molecule has 5 aromatic carbocycles. The van der Waals surface area contributed by atoms with Crippen molar-refractivity contribution in [3.8, 4) is 0 Å². The van der Waals surface area contributed by atoms with Crippen LogP contribution >= 0.6 is 0 Å². The number of carbonyl (C=O) groups excluding carboxylic acids is 11. The fourth-order valence-electron chi connectivity index (χ4n) is 16.4. The van der Waals surface area contributed by atoms with E-state index in [-0.39, 0.29) is 114 Å². The second-order valence-electron chi connectivity index (χ2n) is 26.8. The van der Waals surface area contributed by atoms with Gasteiger partial charge in [0.2, 0.25) is 47.3 Å². The lowest BCUT2D eigenvalue weighted by atomic mass is 9.74. The Labute approximate surface area is 587 Å². The fraction of sp³-hybridized carbons (Fsp3) is 0.342. The number of carbonyl (C=O) groups is 12. The molecule has 13 aliphatic rings. The number of aliphatic hydroxyl groups excluding tert-OH is 3. The molecule has 8 bridgehead atoms. The minimum Gasteiger partial charge on any atom is -0.481 e. The summed E-state index contributed by atoms with van der Waals surface area (Å²) in [6, 6.07) is 47.9. The lowest BCUT2D eigenvalue weighted by Gasteiger charge is -2.29. The number of aliphatic hydroxyl groups is 3. The third-order valence-electron chi connectivity index (χ3n) is 21.1. The number of anilines is 5. The molecule has 0 radical (unpaired) electrons. The first-order valence-electron chi connectivity index (χ1n) is 33.7. The van der Waals surface area contributed by atoms with Gasteiger partial charge in [-0.25, -0.2) is 24.5 Å². The summed E-state index contributed by atoms with van der Waals surface area (Å²) in [7, 11) is 0. The molecule has 6 aromatic rings. The summed E-state index contributed by atoms with van der Waals surface area (Å²) in [5.41, 5.74) is 2.89. The van der Waals surface area contributed by atoms with E-state index in [1.54, 1.807) is 134 Å². The zero-order chi connectivity index (χ0) is 72.4. The van der Waals surface area contributed by atoms with Crippen molar-refractivity contribution in [2.75, 3.05) is 24.5 Å². The molecular weight excluding hydrogens is 1330 g/mol. The quantitative estimate of drug-likeness (QED) is 0.0886. The minimum absolute atomic E-state index is 0.103. The second kappa shape index (κ2) is 28.2. The van der Waals surface area contributed by atoms with Gasteiger partial charge in [0, 0.05) is 24.0 Å². The largest absolute Gasteiger partial charge is 0.481 e. The minimum atomic E-state index is -1.10. The Hall–Kier alpha value is -10.8. The lowest BCUT2D eigenvalue weighted by Crippen LogP contribution is -2.47. The predicted molar refractivity (Wildman–Crippen MR) is 357 cm³/mol. The number of benzene rings is 5. The van der Waals surface area contributed by atoms with Crippen LogP contribution in [0.4, 0.5) is 28.4 Å². The van der Waals surface area contributed by atoms with Crippen molar-refractivity contribution in [2.45, 2.75) is 99.9 Å². The highest BCUT2D eigenvalue weighted by atomic mass is 16.6. The number of hydrogen-bond acceptors (Lipinski definition) is 21. The molecule has 530 valence electrons. The Morgan fingerprint density at radius 1 is 0.359 bits per heavy atom. The maximum absolute atomic E-state index is 12.9. The van der Waals surface area contributed by atoms with E-state index in [1.165, 1.54) is 26.9 Å². The zero-order valence-electron chi connectivity index (χ0n) is 55.0. The average molecular weight is 1400 g/mol. The second-order valence-corrected chi connectivity index (χ2v) is 26.8. The summed E-state index contributed by atoms with van der Waals surface area (Å²) in [6.45, 7) is 3.69. The molecule has 1 aromatic heterocycles. The van der Waals surface area contributed by atoms with Gasteiger partial charge < -0.3 is 48.5 Å². The number of para-hydroxylation sites is 5. The number of rotatable bonds is 9. The van der Waals surface area contributed by atoms with Crippen molar-refractivity contribution in [3.05, 3.63) is 201 Å². The topological polar surface area (TPSA) is 361 Å². The van der Waals surface area contributed by atoms with Crippen LogP contribution in [0.5, 0.6) is 0 Å². The summed E-state index contributed by atoms with van der Waals surface area (Å²) < 4.78 is 32.5. The number of carboxylic acids is 1. The monoisotopic (exact) mass is 1400 g/mol. The highest BCUT2D eigenvalue weighted by Crippen LogP contribution is 2.55. The Bertz CT molecular complexity index is 4140. The summed E-state index contributed by atoms with van der Waals surface area (Å²) in [5.74, 6) is -8.95. The summed E-state index contributed by atoms with van der Waals surface area (Å²) in [6.07, 6.45) is 1.42. The van der Waals surface area contributed by atoms with Crippen LogP contribution in [0.1, 0.15) is 26.7 Å². The van der Waals surface area contributed by atoms with Gasteiger partial charge in [0.15, 0.2) is 0 Å². The Kier molecular flexibility index (Phi) is 19.0. The van der Waals surface area contributed by atoms with Gasteiger partial charge in [0.05, 0.1) is 150 Å². The van der Waals surface area contributed by atoms with E-state index in [2.05, 4.69) is 4.42 Å². The van der Waals surface area contributed by atoms with Crippen LogP contribution in [0.25, 0.3) is 0 Å². The van der Waals surface area contributed by atoms with Gasteiger partial charge in [-0.15, -0.1) is 0 Å². The van der Waals surface area contributed by atoms with Gasteiger partial charge in [-0.05, 0) is 72.8 Å². The molecule has 22 atom stereocenters. The first-order chi connectivity index (χ1) is 49.7. The molecular formula is C76H69N5O22. The molecule has 103 heavy (non-hydrogen) atoms. The fourth-order valence-corrected chi connectivity index (χ4v) is 16.4. The molecule has 11 fully saturated rings. The van der Waals surface area contributed by atoms with E-state index >= 15 is 0 Å². The van der Waals surface area contributed by atoms with E-state index in [4.69, 9.17) is 28.8 Å². The van der Waals surface area contributed by atoms with Crippen LogP contribution < -0.4 is 24.5 Å². The van der Waals surface area contributed by atoms with Crippen molar-refractivity contribution < 1.29 is 106 Å². The average Bonchev–Trinajstić information content (AvgIpc) is 1.57. The Balaban J connectivity index is 0.000000108. The first-order valence-corrected chi connectivity index (χ1v) is 33.7. The van der Waals surface area contributed by atoms with Crippen molar-refractivity contribution in [1.29, 1.82) is 0 Å². The number of carboxylic acid groups (broad SMARTS) is 1. The predicted octanol–water partition coefficient (Wildman–Crippen LogP) is 4.38. The van der Waals surface area contributed by atoms with Crippen LogP contribution in [0, 0.1) is 59.2 Å². The zero-order valence-corrected chi connectivity index (χ0v) is 55.0. The number of hydrogen-bond donors (Lipinski definition) is 4. The van der Waals surface area contributed by atoms with Gasteiger partial charge in [0.1, 0.15) is 24.4 Å². The number of fused-ring (bicyclic) bond motifs is 20. The standard InChI is InChI=1S/C19H19NO7.C15H15NO4.C14H13NO5.C14H11NO3.C10H7NO2.C4H4O/c1-9-15-13-14(17(27-15)16(9)26-12(23)8-7-11(21)22)19(25)20(18(13)24)10-5-3-2-4-6-10;1-7-11(17)13-10-9(12(7)20-13)14(18)16(15(10)19)8-5-3-2-4-6-8;16-9-10(17)12-8-7(11(9)20-12)13(18)15(14(8)19)6-4-2-1-3-5-6;16-13-11-9-6-7-10(18-9)12(11)14(17)15(13)8-4-2-1-3-5-8;12-9-6-7-10(13)11(9)8-4-2-1-3-5-8;1-2-4-5-3-1/h2-6,9,13-17H,7-8H2,1H3,(H,21,22);2-7,9-13,17H,1H3;1-5,7-12,16-17H;1-7,9-12H;1-7H;1-4H. The molecule has 27 nitrogen and oxygen atoms in total. The van der Waals surface area contributed by atoms with Crippen LogP contribution in [-0.2, 0) is 81.2 Å². The number of imide groups is 5. The summed E-state index contributed by atoms with van der Waals surface area (Å²) in [5, 5.41) is 38.5. The van der Waals surface area contributed by atoms with E-state index in [1.807, 2.05) is 68.5 Å². The summed E-state index contributed by atoms with van der Waals surface area (Å²) in [4.78, 5) is 152. The summed E-state index contributed by atoms with van der Waals surface area (Å²) >= 11 is 0. The van der Waals surface area contributed by atoms with Crippen LogP contribution in [0.15, 0.2) is 205 Å². The van der Waals surface area contributed by atoms with Crippen molar-refractivity contribution in [1.82, 2.24) is 0 Å². The first kappa shape index (κ1) is 69.3. The Morgan fingerprint density at radius 2 is 0.660 bits per heavy atom. The SMILES string of the molecule is CC1C(O)C2OC1C1C(=O)N(c3ccccc3)C(=O)C21.CC1C(OC(=O)CCC(=O)O)C2OC1C1C(=O)N(c3ccccc3)C(=O)C21.O=C1C2C3C=CC(O3)C2C(=O)N1c1ccccc1.O=C1C2C3OC(C(O)C3O)C2C(=O)N1c1ccccc1.O=C1C=CC(=O)N1c1ccccc1.c1ccoc1. The molecule has 11 saturated heterocycles. The Morgan fingerprint density at radius 3 is 1.01 bits per heavy atom. The number of amides is 10. The van der Waals surface area contributed by atoms with Crippen LogP contribution in [-0.4, -0.2) is 165 Å². The molecule has 13 aliphatic heterocycles. The maximum Gasteiger partial charge on any atom is 0.306 e. The van der Waals surface area contributed by atoms with Crippen molar-refractivity contribution in [3.63, 3.8) is 0 Å². The van der Waals surface area contributed by atoms with Gasteiger partial charge >= 0.3 is 11.9 Å². The molecule has 19 rings (SSSR count). The molecule has 27 heteroatoms. The normalized spacial score (nSPS) is 34.1. The molecule has 14 heterocycles. The highest BCUT2D eigenvalue weighted by molar-refractivity contribution is 6.28. The van der Waals surface area contributed by atoms with Gasteiger partial charge in [0.25, 0.3) is 11.8 Å². The smallest absolute Gasteiger partial charge is 0.306 e. The van der Waals surface area contributed by atoms with E-state index in [0.717, 1.165) is 9.80 Å². The van der Waals surface area contributed by atoms with Gasteiger partial charge in [-0.2, -0.15) is 0 Å². The number of ether oxygens (including phenoxy) is 5. The van der Waals surface area contributed by atoms with Crippen LogP contribution in [0.3, 0.4) is 0 Å². The van der Waals surface area contributed by atoms with Gasteiger partial charge in [-0.1, -0.05) is 117 Å². The molecule has 0 saturated carbocycles. The van der Waals surface area contributed by atoms with Crippen LogP contribution in [0.2, 0.25) is 0 Å². The van der Waals surface area contributed by atoms with Crippen molar-refractivity contribution in [2.24, 2.45) is 59.2 Å². The molecule has 10 amide bonds. The molecule has 4 N–H and O–H groups in total. The lowest BCUT2D eigenvalue weighted by molar-refractivity contribution is -0.158. The number of furan rings is 1. The van der Waals surface area contributed by atoms with E-state index in [9.17, 15) is 72.9 Å². The maximum atomic E-state index is 12.9. The number of nitrogens with zero attached hydrogens (tertiary/aromatic N) is 5. The van der Waals surface area contributed by atoms with E-state index < -0.39 is 102 Å². The van der Waals surface area contributed by atoms with Crippen molar-refractivity contribution >= 4 is 99.4 Å². The van der Waals surface area contributed by atoms with Gasteiger partial charge in [-0.3, -0.25) is 57.5 Å². The molecule has 0 aliphatic carbocycles. The molecule has 22 unspecified atom stereocenters. The van der Waals surface area contributed by atoms with E-state index in [0.29, 0.717) is 28.4 Å².